The lowest BCUT2D eigenvalue weighted by molar-refractivity contribution is 0.0784. The molecule has 1 amide bonds. The Hall–Kier alpha value is -2.03. The quantitative estimate of drug-likeness (QED) is 0.929. The maximum atomic E-state index is 12.4. The predicted octanol–water partition coefficient (Wildman–Crippen LogP) is 3.27. The Labute approximate surface area is 118 Å². The molecule has 2 atom stereocenters. The van der Waals surface area contributed by atoms with Crippen LogP contribution in [0.3, 0.4) is 0 Å². The molecule has 0 radical (unpaired) electrons. The van der Waals surface area contributed by atoms with Crippen molar-refractivity contribution < 1.29 is 9.90 Å². The van der Waals surface area contributed by atoms with E-state index < -0.39 is 0 Å². The first-order chi connectivity index (χ1) is 9.56. The van der Waals surface area contributed by atoms with Crippen LogP contribution in [0.5, 0.6) is 5.75 Å². The van der Waals surface area contributed by atoms with E-state index in [-0.39, 0.29) is 11.7 Å². The number of benzene rings is 2. The molecule has 0 saturated heterocycles. The molecule has 2 aromatic carbocycles. The third-order valence-corrected chi connectivity index (χ3v) is 4.23. The molecule has 2 aromatic rings. The zero-order valence-electron chi connectivity index (χ0n) is 11.8. The van der Waals surface area contributed by atoms with Gasteiger partial charge in [0.2, 0.25) is 0 Å². The highest BCUT2D eigenvalue weighted by Crippen LogP contribution is 2.38. The van der Waals surface area contributed by atoms with Gasteiger partial charge in [-0.05, 0) is 41.2 Å². The summed E-state index contributed by atoms with van der Waals surface area (Å²) in [6.45, 7) is 2.97. The van der Waals surface area contributed by atoms with E-state index in [1.165, 1.54) is 6.42 Å². The Morgan fingerprint density at radius 3 is 2.50 bits per heavy atom. The normalized spacial score (nSPS) is 20.9. The number of fused-ring (bicyclic) bond motifs is 1. The van der Waals surface area contributed by atoms with Crippen molar-refractivity contribution in [1.29, 1.82) is 0 Å². The van der Waals surface area contributed by atoms with Crippen molar-refractivity contribution in [3.8, 4) is 5.75 Å². The fourth-order valence-electron chi connectivity index (χ4n) is 2.69. The fourth-order valence-corrected chi connectivity index (χ4v) is 2.69. The topological polar surface area (TPSA) is 40.5 Å². The molecule has 3 nitrogen and oxygen atoms in total. The summed E-state index contributed by atoms with van der Waals surface area (Å²) in [7, 11) is 1.81. The Balaban J connectivity index is 1.88. The lowest BCUT2D eigenvalue weighted by Crippen LogP contribution is -2.29. The molecule has 0 aliphatic heterocycles. The summed E-state index contributed by atoms with van der Waals surface area (Å²) in [5.74, 6) is 1.29. The third-order valence-electron chi connectivity index (χ3n) is 4.23. The van der Waals surface area contributed by atoms with Gasteiger partial charge in [0.05, 0.1) is 5.56 Å². The van der Waals surface area contributed by atoms with E-state index in [0.29, 0.717) is 11.5 Å². The van der Waals surface area contributed by atoms with Gasteiger partial charge in [0, 0.05) is 13.6 Å². The second kappa shape index (κ2) is 4.82. The Morgan fingerprint density at radius 1 is 1.30 bits per heavy atom. The molecule has 1 N–H and O–H groups in total. The molecule has 1 fully saturated rings. The average Bonchev–Trinajstić information content (AvgIpc) is 3.12. The van der Waals surface area contributed by atoms with Gasteiger partial charge < -0.3 is 10.0 Å². The molecule has 104 valence electrons. The van der Waals surface area contributed by atoms with Crippen LogP contribution in [0, 0.1) is 11.8 Å². The first-order valence-electron chi connectivity index (χ1n) is 7.03. The molecular formula is C17H19NO2. The largest absolute Gasteiger partial charge is 0.507 e. The third kappa shape index (κ3) is 2.36. The van der Waals surface area contributed by atoms with Crippen LogP contribution in [-0.4, -0.2) is 29.5 Å². The summed E-state index contributed by atoms with van der Waals surface area (Å²) in [4.78, 5) is 14.2. The highest BCUT2D eigenvalue weighted by molar-refractivity contribution is 6.01. The van der Waals surface area contributed by atoms with Gasteiger partial charge in [-0.15, -0.1) is 0 Å². The van der Waals surface area contributed by atoms with Crippen molar-refractivity contribution in [2.45, 2.75) is 13.3 Å². The number of carbonyl (C=O) groups is 1. The zero-order valence-corrected chi connectivity index (χ0v) is 11.8. The molecule has 1 saturated carbocycles. The SMILES string of the molecule is CC1CC1CN(C)C(=O)c1cc2ccccc2cc1O. The van der Waals surface area contributed by atoms with Crippen molar-refractivity contribution in [3.05, 3.63) is 42.0 Å². The van der Waals surface area contributed by atoms with E-state index in [9.17, 15) is 9.90 Å². The molecule has 0 heterocycles. The minimum absolute atomic E-state index is 0.0596. The standard InChI is InChI=1S/C17H19NO2/c1-11-7-14(11)10-18(2)17(20)15-8-12-5-3-4-6-13(12)9-16(15)19/h3-6,8-9,11,14,19H,7,10H2,1-2H3. The van der Waals surface area contributed by atoms with Gasteiger partial charge in [-0.2, -0.15) is 0 Å². The van der Waals surface area contributed by atoms with E-state index in [0.717, 1.165) is 23.2 Å². The first-order valence-corrected chi connectivity index (χ1v) is 7.03. The summed E-state index contributed by atoms with van der Waals surface area (Å²) >= 11 is 0. The minimum Gasteiger partial charge on any atom is -0.507 e. The van der Waals surface area contributed by atoms with E-state index in [1.54, 1.807) is 17.0 Å². The molecule has 0 bridgehead atoms. The van der Waals surface area contributed by atoms with Gasteiger partial charge in [-0.25, -0.2) is 0 Å². The summed E-state index contributed by atoms with van der Waals surface area (Å²) in [5, 5.41) is 12.0. The number of amides is 1. The summed E-state index contributed by atoms with van der Waals surface area (Å²) in [6.07, 6.45) is 1.20. The Kier molecular flexibility index (Phi) is 3.13. The van der Waals surface area contributed by atoms with Crippen LogP contribution in [0.2, 0.25) is 0 Å². The molecule has 2 unspecified atom stereocenters. The molecule has 3 rings (SSSR count). The van der Waals surface area contributed by atoms with Gasteiger partial charge in [-0.1, -0.05) is 31.2 Å². The van der Waals surface area contributed by atoms with Crippen molar-refractivity contribution >= 4 is 16.7 Å². The summed E-state index contributed by atoms with van der Waals surface area (Å²) in [5.41, 5.74) is 0.388. The number of rotatable bonds is 3. The maximum Gasteiger partial charge on any atom is 0.257 e. The smallest absolute Gasteiger partial charge is 0.257 e. The highest BCUT2D eigenvalue weighted by Gasteiger charge is 2.34. The number of nitrogens with zero attached hydrogens (tertiary/aromatic N) is 1. The second-order valence-electron chi connectivity index (χ2n) is 5.88. The van der Waals surface area contributed by atoms with Crippen molar-refractivity contribution in [3.63, 3.8) is 0 Å². The maximum absolute atomic E-state index is 12.4. The van der Waals surface area contributed by atoms with Gasteiger partial charge >= 0.3 is 0 Å². The number of hydrogen-bond acceptors (Lipinski definition) is 2. The van der Waals surface area contributed by atoms with E-state index >= 15 is 0 Å². The lowest BCUT2D eigenvalue weighted by atomic mass is 10.0. The van der Waals surface area contributed by atoms with Crippen molar-refractivity contribution in [1.82, 2.24) is 4.90 Å². The lowest BCUT2D eigenvalue weighted by Gasteiger charge is -2.18. The fraction of sp³-hybridized carbons (Fsp3) is 0.353. The van der Waals surface area contributed by atoms with Crippen LogP contribution in [0.15, 0.2) is 36.4 Å². The van der Waals surface area contributed by atoms with Crippen LogP contribution in [0.4, 0.5) is 0 Å². The molecule has 1 aliphatic rings. The Bertz CT molecular complexity index is 665. The zero-order chi connectivity index (χ0) is 14.3. The molecule has 20 heavy (non-hydrogen) atoms. The van der Waals surface area contributed by atoms with Gasteiger partial charge in [-0.3, -0.25) is 4.79 Å². The monoisotopic (exact) mass is 269 g/mol. The molecule has 1 aliphatic carbocycles. The summed E-state index contributed by atoms with van der Waals surface area (Å²) < 4.78 is 0. The van der Waals surface area contributed by atoms with Gasteiger partial charge in [0.25, 0.3) is 5.91 Å². The number of aromatic hydroxyl groups is 1. The van der Waals surface area contributed by atoms with Crippen LogP contribution >= 0.6 is 0 Å². The number of phenolic OH excluding ortho intramolecular Hbond substituents is 1. The van der Waals surface area contributed by atoms with Crippen LogP contribution in [-0.2, 0) is 0 Å². The van der Waals surface area contributed by atoms with Crippen LogP contribution < -0.4 is 0 Å². The molecule has 0 aromatic heterocycles. The van der Waals surface area contributed by atoms with Gasteiger partial charge in [0.1, 0.15) is 5.75 Å². The van der Waals surface area contributed by atoms with E-state index in [1.807, 2.05) is 31.3 Å². The highest BCUT2D eigenvalue weighted by atomic mass is 16.3. The van der Waals surface area contributed by atoms with Crippen molar-refractivity contribution in [2.24, 2.45) is 11.8 Å². The Morgan fingerprint density at radius 2 is 1.90 bits per heavy atom. The number of carbonyl (C=O) groups excluding carboxylic acids is 1. The second-order valence-corrected chi connectivity index (χ2v) is 5.88. The van der Waals surface area contributed by atoms with Gasteiger partial charge in [0.15, 0.2) is 0 Å². The summed E-state index contributed by atoms with van der Waals surface area (Å²) in [6, 6.07) is 11.2. The molecule has 0 spiro atoms. The van der Waals surface area contributed by atoms with Crippen LogP contribution in [0.25, 0.3) is 10.8 Å². The van der Waals surface area contributed by atoms with Crippen LogP contribution in [0.1, 0.15) is 23.7 Å². The van der Waals surface area contributed by atoms with Crippen molar-refractivity contribution in [2.75, 3.05) is 13.6 Å². The minimum atomic E-state index is -0.104. The molecular weight excluding hydrogens is 250 g/mol. The first kappa shape index (κ1) is 13.0. The van der Waals surface area contributed by atoms with E-state index in [4.69, 9.17) is 0 Å². The number of hydrogen-bond donors (Lipinski definition) is 1. The average molecular weight is 269 g/mol. The predicted molar refractivity (Wildman–Crippen MR) is 79.8 cm³/mol. The molecule has 3 heteroatoms. The number of phenols is 1. The van der Waals surface area contributed by atoms with E-state index in [2.05, 4.69) is 6.92 Å².